The Morgan fingerprint density at radius 3 is 2.53 bits per heavy atom. The summed E-state index contributed by atoms with van der Waals surface area (Å²) in [6.45, 7) is 3.67. The summed E-state index contributed by atoms with van der Waals surface area (Å²) in [5.74, 6) is -1.32. The molecule has 1 N–H and O–H groups in total. The molecule has 158 valence electrons. The van der Waals surface area contributed by atoms with E-state index in [9.17, 15) is 22.8 Å². The predicted molar refractivity (Wildman–Crippen MR) is 110 cm³/mol. The molecule has 0 aliphatic carbocycles. The number of hydrogen-bond donors (Lipinski definition) is 1. The van der Waals surface area contributed by atoms with Gasteiger partial charge in [-0.2, -0.15) is 0 Å². The SMILES string of the molecule is CCOC(=O)c1ccc(NC(=O)CCCN2C(=O)c3ccccc3S2(=O)=O)c(C)c1. The van der Waals surface area contributed by atoms with E-state index in [0.29, 0.717) is 16.8 Å². The molecule has 0 aromatic heterocycles. The number of nitrogens with one attached hydrogen (secondary N) is 1. The Labute approximate surface area is 174 Å². The van der Waals surface area contributed by atoms with Crippen molar-refractivity contribution in [3.63, 3.8) is 0 Å². The van der Waals surface area contributed by atoms with Gasteiger partial charge >= 0.3 is 5.97 Å². The maximum Gasteiger partial charge on any atom is 0.338 e. The van der Waals surface area contributed by atoms with Crippen LogP contribution in [0.4, 0.5) is 5.69 Å². The molecular weight excluding hydrogens is 408 g/mol. The molecule has 2 aromatic rings. The number of aryl methyl sites for hydroxylation is 1. The summed E-state index contributed by atoms with van der Waals surface area (Å²) in [4.78, 5) is 36.4. The smallest absolute Gasteiger partial charge is 0.338 e. The van der Waals surface area contributed by atoms with Gasteiger partial charge in [-0.1, -0.05) is 12.1 Å². The van der Waals surface area contributed by atoms with Crippen molar-refractivity contribution in [1.29, 1.82) is 0 Å². The van der Waals surface area contributed by atoms with Gasteiger partial charge in [-0.25, -0.2) is 17.5 Å². The molecule has 1 aliphatic heterocycles. The number of amides is 2. The van der Waals surface area contributed by atoms with Gasteiger partial charge in [0.25, 0.3) is 15.9 Å². The van der Waals surface area contributed by atoms with Crippen molar-refractivity contribution in [3.05, 3.63) is 59.2 Å². The van der Waals surface area contributed by atoms with Crippen molar-refractivity contribution in [1.82, 2.24) is 4.31 Å². The standard InChI is InChI=1S/C21H22N2O6S/c1-3-29-21(26)15-10-11-17(14(2)13-15)22-19(24)9-6-12-23-20(25)16-7-4-5-8-18(16)30(23,27)28/h4-5,7-8,10-11,13H,3,6,9,12H2,1-2H3,(H,22,24). The second-order valence-electron chi connectivity index (χ2n) is 6.78. The van der Waals surface area contributed by atoms with E-state index < -0.39 is 21.9 Å². The van der Waals surface area contributed by atoms with E-state index in [2.05, 4.69) is 5.32 Å². The van der Waals surface area contributed by atoms with Crippen molar-refractivity contribution in [3.8, 4) is 0 Å². The molecule has 9 heteroatoms. The van der Waals surface area contributed by atoms with Crippen molar-refractivity contribution in [2.24, 2.45) is 0 Å². The highest BCUT2D eigenvalue weighted by Crippen LogP contribution is 2.30. The molecule has 0 saturated carbocycles. The van der Waals surface area contributed by atoms with Crippen LogP contribution in [-0.2, 0) is 19.6 Å². The van der Waals surface area contributed by atoms with Crippen molar-refractivity contribution in [2.75, 3.05) is 18.5 Å². The minimum Gasteiger partial charge on any atom is -0.462 e. The summed E-state index contributed by atoms with van der Waals surface area (Å²) < 4.78 is 30.8. The quantitative estimate of drug-likeness (QED) is 0.677. The maximum absolute atomic E-state index is 12.5. The molecule has 0 atom stereocenters. The molecular formula is C21H22N2O6S. The summed E-state index contributed by atoms with van der Waals surface area (Å²) in [5, 5.41) is 2.74. The van der Waals surface area contributed by atoms with Crippen molar-refractivity contribution in [2.45, 2.75) is 31.6 Å². The highest BCUT2D eigenvalue weighted by Gasteiger charge is 2.40. The Balaban J connectivity index is 1.57. The first-order valence-electron chi connectivity index (χ1n) is 9.49. The van der Waals surface area contributed by atoms with Gasteiger partial charge in [-0.05, 0) is 56.2 Å². The summed E-state index contributed by atoms with van der Waals surface area (Å²) in [6.07, 6.45) is 0.222. The van der Waals surface area contributed by atoms with Crippen LogP contribution in [0.1, 0.15) is 46.0 Å². The highest BCUT2D eigenvalue weighted by atomic mass is 32.2. The third-order valence-corrected chi connectivity index (χ3v) is 6.53. The molecule has 1 aliphatic rings. The van der Waals surface area contributed by atoms with Gasteiger partial charge in [0.2, 0.25) is 5.91 Å². The third kappa shape index (κ3) is 4.20. The lowest BCUT2D eigenvalue weighted by Crippen LogP contribution is -2.31. The number of hydrogen-bond acceptors (Lipinski definition) is 6. The molecule has 0 spiro atoms. The lowest BCUT2D eigenvalue weighted by atomic mass is 10.1. The summed E-state index contributed by atoms with van der Waals surface area (Å²) in [7, 11) is -3.87. The van der Waals surface area contributed by atoms with E-state index in [1.54, 1.807) is 44.2 Å². The fraction of sp³-hybridized carbons (Fsp3) is 0.286. The zero-order valence-electron chi connectivity index (χ0n) is 16.7. The average Bonchev–Trinajstić information content (AvgIpc) is 2.90. The van der Waals surface area contributed by atoms with E-state index in [1.807, 2.05) is 0 Å². The molecule has 0 unspecified atom stereocenters. The molecule has 0 radical (unpaired) electrons. The van der Waals surface area contributed by atoms with Crippen LogP contribution in [0.25, 0.3) is 0 Å². The van der Waals surface area contributed by atoms with E-state index in [-0.39, 0.29) is 42.4 Å². The van der Waals surface area contributed by atoms with E-state index in [4.69, 9.17) is 4.74 Å². The molecule has 2 aromatic carbocycles. The number of esters is 1. The number of rotatable bonds is 7. The first-order chi connectivity index (χ1) is 14.3. The maximum atomic E-state index is 12.5. The fourth-order valence-electron chi connectivity index (χ4n) is 3.19. The minimum absolute atomic E-state index is 0.00299. The second kappa shape index (κ2) is 8.66. The first kappa shape index (κ1) is 21.5. The number of nitrogens with zero attached hydrogens (tertiary/aromatic N) is 1. The fourth-order valence-corrected chi connectivity index (χ4v) is 4.80. The average molecular weight is 430 g/mol. The van der Waals surface area contributed by atoms with Crippen LogP contribution in [0.15, 0.2) is 47.4 Å². The molecule has 0 fully saturated rings. The normalized spacial score (nSPS) is 14.3. The Hall–Kier alpha value is -3.20. The topological polar surface area (TPSA) is 110 Å². The third-order valence-electron chi connectivity index (χ3n) is 4.69. The van der Waals surface area contributed by atoms with E-state index >= 15 is 0 Å². The van der Waals surface area contributed by atoms with Gasteiger partial charge < -0.3 is 10.1 Å². The van der Waals surface area contributed by atoms with Gasteiger partial charge in [0, 0.05) is 18.7 Å². The number of sulfonamides is 1. The zero-order valence-corrected chi connectivity index (χ0v) is 17.5. The Kier molecular flexibility index (Phi) is 6.21. The van der Waals surface area contributed by atoms with Gasteiger partial charge in [0.1, 0.15) is 4.90 Å². The van der Waals surface area contributed by atoms with Crippen LogP contribution in [0.5, 0.6) is 0 Å². The molecule has 0 saturated heterocycles. The number of anilines is 1. The predicted octanol–water partition coefficient (Wildman–Crippen LogP) is 2.74. The molecule has 0 bridgehead atoms. The molecule has 8 nitrogen and oxygen atoms in total. The van der Waals surface area contributed by atoms with Crippen LogP contribution in [0.3, 0.4) is 0 Å². The Morgan fingerprint density at radius 1 is 1.13 bits per heavy atom. The summed E-state index contributed by atoms with van der Waals surface area (Å²) >= 11 is 0. The van der Waals surface area contributed by atoms with E-state index in [0.717, 1.165) is 4.31 Å². The van der Waals surface area contributed by atoms with Crippen LogP contribution in [0, 0.1) is 6.92 Å². The van der Waals surface area contributed by atoms with Crippen molar-refractivity contribution < 1.29 is 27.5 Å². The summed E-state index contributed by atoms with van der Waals surface area (Å²) in [6, 6.07) is 10.9. The molecule has 2 amide bonds. The minimum atomic E-state index is -3.87. The van der Waals surface area contributed by atoms with E-state index in [1.165, 1.54) is 12.1 Å². The lowest BCUT2D eigenvalue weighted by molar-refractivity contribution is -0.116. The lowest BCUT2D eigenvalue weighted by Gasteiger charge is -2.15. The highest BCUT2D eigenvalue weighted by molar-refractivity contribution is 7.90. The number of carbonyl (C=O) groups excluding carboxylic acids is 3. The Bertz CT molecular complexity index is 1110. The second-order valence-corrected chi connectivity index (χ2v) is 8.61. The van der Waals surface area contributed by atoms with Crippen LogP contribution >= 0.6 is 0 Å². The molecule has 30 heavy (non-hydrogen) atoms. The summed E-state index contributed by atoms with van der Waals surface area (Å²) in [5.41, 5.74) is 1.79. The number of carbonyl (C=O) groups is 3. The molecule has 1 heterocycles. The Morgan fingerprint density at radius 2 is 1.87 bits per heavy atom. The van der Waals surface area contributed by atoms with Gasteiger partial charge in [0.15, 0.2) is 0 Å². The largest absolute Gasteiger partial charge is 0.462 e. The molecule has 3 rings (SSSR count). The number of ether oxygens (including phenoxy) is 1. The van der Waals surface area contributed by atoms with Crippen LogP contribution in [-0.4, -0.2) is 43.7 Å². The number of fused-ring (bicyclic) bond motifs is 1. The van der Waals surface area contributed by atoms with Gasteiger partial charge in [0.05, 0.1) is 17.7 Å². The monoisotopic (exact) mass is 430 g/mol. The first-order valence-corrected chi connectivity index (χ1v) is 10.9. The van der Waals surface area contributed by atoms with Crippen molar-refractivity contribution >= 4 is 33.5 Å². The van der Waals surface area contributed by atoms with Crippen LogP contribution in [0.2, 0.25) is 0 Å². The van der Waals surface area contributed by atoms with Gasteiger partial charge in [-0.3, -0.25) is 9.59 Å². The van der Waals surface area contributed by atoms with Crippen LogP contribution < -0.4 is 5.32 Å². The zero-order chi connectivity index (χ0) is 21.9. The number of benzene rings is 2. The van der Waals surface area contributed by atoms with Gasteiger partial charge in [-0.15, -0.1) is 0 Å².